The lowest BCUT2D eigenvalue weighted by Crippen LogP contribution is -2.36. The van der Waals surface area contributed by atoms with Crippen LogP contribution < -0.4 is 20.1 Å². The first-order valence-corrected chi connectivity index (χ1v) is 9.74. The molecule has 2 N–H and O–H groups in total. The second kappa shape index (κ2) is 9.14. The van der Waals surface area contributed by atoms with Crippen LogP contribution in [0.25, 0.3) is 0 Å². The van der Waals surface area contributed by atoms with Gasteiger partial charge in [0, 0.05) is 32.0 Å². The molecule has 1 aliphatic heterocycles. The fourth-order valence-electron chi connectivity index (χ4n) is 3.09. The van der Waals surface area contributed by atoms with Crippen molar-refractivity contribution < 1.29 is 9.47 Å². The Kier molecular flexibility index (Phi) is 5.95. The summed E-state index contributed by atoms with van der Waals surface area (Å²) in [6.45, 7) is 5.24. The van der Waals surface area contributed by atoms with Gasteiger partial charge in [0.05, 0.1) is 12.9 Å². The number of imidazole rings is 1. The summed E-state index contributed by atoms with van der Waals surface area (Å²) >= 11 is 0. The maximum Gasteiger partial charge on any atom is 0.231 e. The molecule has 0 fully saturated rings. The first kappa shape index (κ1) is 18.9. The summed E-state index contributed by atoms with van der Waals surface area (Å²) in [5.74, 6) is 2.36. The highest BCUT2D eigenvalue weighted by atomic mass is 16.7. The minimum atomic E-state index is 0.285. The highest BCUT2D eigenvalue weighted by molar-refractivity contribution is 5.79. The number of benzene rings is 2. The molecule has 0 amide bonds. The first-order valence-electron chi connectivity index (χ1n) is 9.74. The number of nitrogens with one attached hydrogen (secondary N) is 2. The minimum Gasteiger partial charge on any atom is -0.454 e. The minimum absolute atomic E-state index is 0.285. The monoisotopic (exact) mass is 391 g/mol. The summed E-state index contributed by atoms with van der Waals surface area (Å²) in [4.78, 5) is 8.76. The average molecular weight is 391 g/mol. The second-order valence-electron chi connectivity index (χ2n) is 6.79. The van der Waals surface area contributed by atoms with Crippen molar-refractivity contribution in [2.75, 3.05) is 13.3 Å². The van der Waals surface area contributed by atoms with Gasteiger partial charge in [-0.05, 0) is 35.7 Å². The maximum atomic E-state index is 5.43. The Labute approximate surface area is 170 Å². The Hall–Kier alpha value is -3.48. The summed E-state index contributed by atoms with van der Waals surface area (Å²) < 4.78 is 12.8. The van der Waals surface area contributed by atoms with E-state index in [1.807, 2.05) is 30.7 Å². The molecule has 1 aromatic heterocycles. The predicted octanol–water partition coefficient (Wildman–Crippen LogP) is 2.92. The Morgan fingerprint density at radius 2 is 1.83 bits per heavy atom. The van der Waals surface area contributed by atoms with Crippen LogP contribution in [0.2, 0.25) is 0 Å². The van der Waals surface area contributed by atoms with Crippen LogP contribution in [0.3, 0.4) is 0 Å². The molecule has 3 aromatic rings. The summed E-state index contributed by atoms with van der Waals surface area (Å²) in [6, 6.07) is 14.5. The smallest absolute Gasteiger partial charge is 0.231 e. The number of guanidine groups is 1. The summed E-state index contributed by atoms with van der Waals surface area (Å²) in [7, 11) is 0. The van der Waals surface area contributed by atoms with Gasteiger partial charge in [-0.1, -0.05) is 30.3 Å². The van der Waals surface area contributed by atoms with Gasteiger partial charge in [-0.15, -0.1) is 0 Å². The van der Waals surface area contributed by atoms with Crippen molar-refractivity contribution in [2.24, 2.45) is 4.99 Å². The molecule has 4 rings (SSSR count). The number of rotatable bonds is 7. The molecule has 0 saturated heterocycles. The quantitative estimate of drug-likeness (QED) is 0.479. The van der Waals surface area contributed by atoms with Crippen LogP contribution in [0.4, 0.5) is 0 Å². The lowest BCUT2D eigenvalue weighted by molar-refractivity contribution is 0.174. The SMILES string of the molecule is CCNC(=NCc1ccc2c(c1)OCO2)NCc1ccc(Cn2ccnc2)cc1. The molecule has 0 bridgehead atoms. The average Bonchev–Trinajstić information content (AvgIpc) is 3.42. The molecular weight excluding hydrogens is 366 g/mol. The van der Waals surface area contributed by atoms with E-state index < -0.39 is 0 Å². The lowest BCUT2D eigenvalue weighted by atomic mass is 10.1. The molecule has 2 aromatic carbocycles. The standard InChI is InChI=1S/C22H25N5O2/c1-2-24-22(26-13-19-7-8-20-21(11-19)29-16-28-20)25-12-17-3-5-18(6-4-17)14-27-10-9-23-15-27/h3-11,15H,2,12-14,16H2,1H3,(H2,24,25,26). The topological polar surface area (TPSA) is 72.7 Å². The molecule has 1 aliphatic rings. The number of nitrogens with zero attached hydrogens (tertiary/aromatic N) is 3. The number of hydrogen-bond acceptors (Lipinski definition) is 4. The molecule has 0 aliphatic carbocycles. The van der Waals surface area contributed by atoms with E-state index in [-0.39, 0.29) is 6.79 Å². The molecule has 150 valence electrons. The number of hydrogen-bond donors (Lipinski definition) is 2. The Bertz CT molecular complexity index is 952. The Morgan fingerprint density at radius 1 is 1.03 bits per heavy atom. The number of aliphatic imine (C=N–C) groups is 1. The van der Waals surface area contributed by atoms with E-state index in [9.17, 15) is 0 Å². The van der Waals surface area contributed by atoms with Crippen molar-refractivity contribution >= 4 is 5.96 Å². The fourth-order valence-corrected chi connectivity index (χ4v) is 3.09. The van der Waals surface area contributed by atoms with Crippen LogP contribution in [0.1, 0.15) is 23.6 Å². The third-order valence-electron chi connectivity index (χ3n) is 4.61. The molecule has 7 heteroatoms. The van der Waals surface area contributed by atoms with E-state index in [0.29, 0.717) is 13.1 Å². The largest absolute Gasteiger partial charge is 0.454 e. The summed E-state index contributed by atoms with van der Waals surface area (Å²) in [5, 5.41) is 6.68. The van der Waals surface area contributed by atoms with Crippen LogP contribution in [0.5, 0.6) is 11.5 Å². The number of ether oxygens (including phenoxy) is 2. The van der Waals surface area contributed by atoms with Crippen molar-refractivity contribution in [3.63, 3.8) is 0 Å². The fraction of sp³-hybridized carbons (Fsp3) is 0.273. The highest BCUT2D eigenvalue weighted by Gasteiger charge is 2.12. The van der Waals surface area contributed by atoms with Crippen molar-refractivity contribution in [2.45, 2.75) is 26.6 Å². The van der Waals surface area contributed by atoms with E-state index in [4.69, 9.17) is 9.47 Å². The van der Waals surface area contributed by atoms with E-state index in [2.05, 4.69) is 56.4 Å². The first-order chi connectivity index (χ1) is 14.3. The van der Waals surface area contributed by atoms with Crippen LogP contribution in [-0.4, -0.2) is 28.8 Å². The zero-order valence-corrected chi connectivity index (χ0v) is 16.5. The van der Waals surface area contributed by atoms with E-state index in [1.165, 1.54) is 11.1 Å². The molecule has 29 heavy (non-hydrogen) atoms. The Morgan fingerprint density at radius 3 is 2.62 bits per heavy atom. The summed E-state index contributed by atoms with van der Waals surface area (Å²) in [5.41, 5.74) is 3.53. The molecule has 2 heterocycles. The number of aromatic nitrogens is 2. The van der Waals surface area contributed by atoms with Gasteiger partial charge in [-0.2, -0.15) is 0 Å². The van der Waals surface area contributed by atoms with Crippen LogP contribution >= 0.6 is 0 Å². The van der Waals surface area contributed by atoms with Gasteiger partial charge in [0.1, 0.15) is 0 Å². The van der Waals surface area contributed by atoms with Gasteiger partial charge in [0.25, 0.3) is 0 Å². The van der Waals surface area contributed by atoms with E-state index in [0.717, 1.165) is 36.1 Å². The molecule has 0 radical (unpaired) electrons. The highest BCUT2D eigenvalue weighted by Crippen LogP contribution is 2.32. The third kappa shape index (κ3) is 5.07. The van der Waals surface area contributed by atoms with Crippen molar-refractivity contribution in [1.29, 1.82) is 0 Å². The predicted molar refractivity (Wildman–Crippen MR) is 112 cm³/mol. The normalized spacial score (nSPS) is 12.8. The van der Waals surface area contributed by atoms with Crippen LogP contribution in [0, 0.1) is 0 Å². The second-order valence-corrected chi connectivity index (χ2v) is 6.79. The van der Waals surface area contributed by atoms with Crippen molar-refractivity contribution in [3.8, 4) is 11.5 Å². The van der Waals surface area contributed by atoms with E-state index in [1.54, 1.807) is 6.20 Å². The Balaban J connectivity index is 1.33. The van der Waals surface area contributed by atoms with E-state index >= 15 is 0 Å². The third-order valence-corrected chi connectivity index (χ3v) is 4.61. The molecule has 0 spiro atoms. The van der Waals surface area contributed by atoms with Gasteiger partial charge in [0.15, 0.2) is 17.5 Å². The zero-order chi connectivity index (χ0) is 19.9. The van der Waals surface area contributed by atoms with Gasteiger partial charge in [-0.25, -0.2) is 9.98 Å². The maximum absolute atomic E-state index is 5.43. The molecule has 0 saturated carbocycles. The number of fused-ring (bicyclic) bond motifs is 1. The molecular formula is C22H25N5O2. The van der Waals surface area contributed by atoms with Gasteiger partial charge in [-0.3, -0.25) is 0 Å². The van der Waals surface area contributed by atoms with Crippen molar-refractivity contribution in [1.82, 2.24) is 20.2 Å². The van der Waals surface area contributed by atoms with Gasteiger partial charge >= 0.3 is 0 Å². The van der Waals surface area contributed by atoms with Crippen LogP contribution in [0.15, 0.2) is 66.2 Å². The van der Waals surface area contributed by atoms with Crippen LogP contribution in [-0.2, 0) is 19.6 Å². The van der Waals surface area contributed by atoms with Crippen molar-refractivity contribution in [3.05, 3.63) is 77.9 Å². The summed E-state index contributed by atoms with van der Waals surface area (Å²) in [6.07, 6.45) is 5.59. The molecule has 0 atom stereocenters. The van der Waals surface area contributed by atoms with Gasteiger partial charge < -0.3 is 24.7 Å². The van der Waals surface area contributed by atoms with Gasteiger partial charge in [0.2, 0.25) is 6.79 Å². The molecule has 0 unspecified atom stereocenters. The zero-order valence-electron chi connectivity index (χ0n) is 16.5. The molecule has 7 nitrogen and oxygen atoms in total. The lowest BCUT2D eigenvalue weighted by Gasteiger charge is -2.12.